The highest BCUT2D eigenvalue weighted by molar-refractivity contribution is 6.62. The minimum Gasteiger partial charge on any atom is -0.410 e. The molecule has 9 nitrogen and oxygen atoms in total. The molecule has 5 rings (SSSR count). The highest BCUT2D eigenvalue weighted by Gasteiger charge is 2.51. The average molecular weight is 534 g/mol. The topological polar surface area (TPSA) is 109 Å². The molecule has 3 atom stereocenters. The van der Waals surface area contributed by atoms with Crippen LogP contribution in [0.3, 0.4) is 0 Å². The summed E-state index contributed by atoms with van der Waals surface area (Å²) in [4.78, 5) is 23.0. The zero-order valence-electron chi connectivity index (χ0n) is 23.6. The van der Waals surface area contributed by atoms with Crippen molar-refractivity contribution in [1.82, 2.24) is 20.2 Å². The van der Waals surface area contributed by atoms with Gasteiger partial charge in [-0.05, 0) is 76.2 Å². The SMILES string of the molecule is CC(C)C(NC(=O)Oc1ccccc1)C(O)N1CCCC1c1nc2ccc(B3OC(C)(C)C(C)(C)O3)cc2[nH]1. The lowest BCUT2D eigenvalue weighted by atomic mass is 9.79. The maximum atomic E-state index is 12.6. The van der Waals surface area contributed by atoms with E-state index in [1.165, 1.54) is 0 Å². The Labute approximate surface area is 230 Å². The second-order valence-electron chi connectivity index (χ2n) is 11.9. The van der Waals surface area contributed by atoms with Crippen LogP contribution in [0.5, 0.6) is 5.75 Å². The number of H-pyrrole nitrogens is 1. The van der Waals surface area contributed by atoms with Gasteiger partial charge < -0.3 is 29.5 Å². The molecule has 3 N–H and O–H groups in total. The summed E-state index contributed by atoms with van der Waals surface area (Å²) in [7, 11) is -0.454. The van der Waals surface area contributed by atoms with Gasteiger partial charge in [-0.25, -0.2) is 9.78 Å². The third kappa shape index (κ3) is 5.56. The number of hydrogen-bond donors (Lipinski definition) is 3. The van der Waals surface area contributed by atoms with E-state index in [4.69, 9.17) is 19.0 Å². The van der Waals surface area contributed by atoms with Crippen LogP contribution in [0.15, 0.2) is 48.5 Å². The number of nitrogens with one attached hydrogen (secondary N) is 2. The first-order valence-electron chi connectivity index (χ1n) is 13.8. The molecule has 3 unspecified atom stereocenters. The monoisotopic (exact) mass is 534 g/mol. The Kier molecular flexibility index (Phi) is 7.50. The van der Waals surface area contributed by atoms with Crippen LogP contribution in [0.25, 0.3) is 11.0 Å². The van der Waals surface area contributed by atoms with Crippen LogP contribution in [0.2, 0.25) is 0 Å². The van der Waals surface area contributed by atoms with E-state index in [0.717, 1.165) is 35.2 Å². The molecule has 2 aliphatic heterocycles. The van der Waals surface area contributed by atoms with Crippen molar-refractivity contribution in [1.29, 1.82) is 0 Å². The molecule has 3 aromatic rings. The molecule has 1 aromatic heterocycles. The fourth-order valence-corrected chi connectivity index (χ4v) is 5.28. The number of imidazole rings is 1. The number of aromatic amines is 1. The van der Waals surface area contributed by atoms with E-state index < -0.39 is 36.7 Å². The summed E-state index contributed by atoms with van der Waals surface area (Å²) in [6.45, 7) is 12.8. The maximum Gasteiger partial charge on any atom is 0.494 e. The van der Waals surface area contributed by atoms with Gasteiger partial charge >= 0.3 is 13.2 Å². The summed E-state index contributed by atoms with van der Waals surface area (Å²) >= 11 is 0. The number of benzene rings is 2. The molecule has 2 saturated heterocycles. The van der Waals surface area contributed by atoms with Gasteiger partial charge in [0, 0.05) is 6.54 Å². The molecule has 2 aliphatic rings. The van der Waals surface area contributed by atoms with E-state index in [-0.39, 0.29) is 12.0 Å². The Morgan fingerprint density at radius 3 is 2.51 bits per heavy atom. The first-order valence-corrected chi connectivity index (χ1v) is 13.8. The number of hydrogen-bond acceptors (Lipinski definition) is 7. The minimum absolute atomic E-state index is 0.0253. The number of amides is 1. The summed E-state index contributed by atoms with van der Waals surface area (Å²) < 4.78 is 17.9. The molecule has 0 spiro atoms. The van der Waals surface area contributed by atoms with Gasteiger partial charge in [-0.1, -0.05) is 38.1 Å². The number of fused-ring (bicyclic) bond motifs is 1. The van der Waals surface area contributed by atoms with Crippen molar-refractivity contribution in [2.75, 3.05) is 6.54 Å². The van der Waals surface area contributed by atoms with Gasteiger partial charge in [0.2, 0.25) is 0 Å². The molecule has 0 saturated carbocycles. The van der Waals surface area contributed by atoms with E-state index in [9.17, 15) is 9.90 Å². The largest absolute Gasteiger partial charge is 0.494 e. The molecule has 2 fully saturated rings. The lowest BCUT2D eigenvalue weighted by molar-refractivity contribution is -0.0432. The number of rotatable bonds is 7. The van der Waals surface area contributed by atoms with Gasteiger partial charge in [-0.15, -0.1) is 0 Å². The average Bonchev–Trinajstić information content (AvgIpc) is 3.57. The van der Waals surface area contributed by atoms with Crippen molar-refractivity contribution in [2.45, 2.75) is 83.9 Å². The van der Waals surface area contributed by atoms with Gasteiger partial charge in [0.05, 0.1) is 34.3 Å². The molecule has 0 aliphatic carbocycles. The van der Waals surface area contributed by atoms with Crippen molar-refractivity contribution < 1.29 is 23.9 Å². The van der Waals surface area contributed by atoms with E-state index in [0.29, 0.717) is 12.3 Å². The molecule has 0 bridgehead atoms. The number of para-hydroxylation sites is 1. The zero-order chi connectivity index (χ0) is 27.9. The number of likely N-dealkylation sites (tertiary alicyclic amines) is 1. The Morgan fingerprint density at radius 2 is 1.85 bits per heavy atom. The molecular weight excluding hydrogens is 495 g/mol. The van der Waals surface area contributed by atoms with Crippen LogP contribution in [0, 0.1) is 5.92 Å². The van der Waals surface area contributed by atoms with Crippen LogP contribution in [0.1, 0.15) is 66.3 Å². The summed E-state index contributed by atoms with van der Waals surface area (Å²) in [6, 6.07) is 14.3. The van der Waals surface area contributed by atoms with Crippen LogP contribution < -0.4 is 15.5 Å². The Bertz CT molecular complexity index is 1300. The van der Waals surface area contributed by atoms with Gasteiger partial charge in [0.15, 0.2) is 0 Å². The van der Waals surface area contributed by atoms with Crippen LogP contribution in [0.4, 0.5) is 4.79 Å². The van der Waals surface area contributed by atoms with E-state index in [1.807, 2.05) is 70.7 Å². The summed E-state index contributed by atoms with van der Waals surface area (Å²) in [5.41, 5.74) is 1.84. The number of aliphatic hydroxyl groups is 1. The smallest absolute Gasteiger partial charge is 0.410 e. The van der Waals surface area contributed by atoms with Crippen LogP contribution in [-0.2, 0) is 9.31 Å². The van der Waals surface area contributed by atoms with E-state index in [1.54, 1.807) is 24.3 Å². The molecule has 0 radical (unpaired) electrons. The Hall–Kier alpha value is -2.92. The fourth-order valence-electron chi connectivity index (χ4n) is 5.28. The third-order valence-electron chi connectivity index (χ3n) is 8.28. The number of aromatic nitrogens is 2. The number of nitrogens with zero attached hydrogens (tertiary/aromatic N) is 2. The first kappa shape index (κ1) is 27.6. The van der Waals surface area contributed by atoms with Crippen molar-refractivity contribution in [3.8, 4) is 5.75 Å². The van der Waals surface area contributed by atoms with Crippen molar-refractivity contribution >= 4 is 29.7 Å². The minimum atomic E-state index is -0.908. The molecule has 3 heterocycles. The highest BCUT2D eigenvalue weighted by atomic mass is 16.7. The Balaban J connectivity index is 1.32. The second kappa shape index (κ2) is 10.6. The first-order chi connectivity index (χ1) is 18.4. The van der Waals surface area contributed by atoms with Crippen LogP contribution >= 0.6 is 0 Å². The molecule has 10 heteroatoms. The maximum absolute atomic E-state index is 12.6. The van der Waals surface area contributed by atoms with Gasteiger partial charge in [-0.2, -0.15) is 0 Å². The van der Waals surface area contributed by atoms with Crippen molar-refractivity contribution in [3.63, 3.8) is 0 Å². The predicted octanol–water partition coefficient (Wildman–Crippen LogP) is 4.13. The number of aliphatic hydroxyl groups excluding tert-OH is 1. The lowest BCUT2D eigenvalue weighted by Crippen LogP contribution is -2.54. The van der Waals surface area contributed by atoms with E-state index in [2.05, 4.69) is 10.3 Å². The Morgan fingerprint density at radius 1 is 1.15 bits per heavy atom. The second-order valence-corrected chi connectivity index (χ2v) is 11.9. The summed E-state index contributed by atoms with van der Waals surface area (Å²) in [5.74, 6) is 1.22. The van der Waals surface area contributed by atoms with Gasteiger partial charge in [-0.3, -0.25) is 4.90 Å². The number of carbonyl (C=O) groups excluding carboxylic acids is 1. The summed E-state index contributed by atoms with van der Waals surface area (Å²) in [5, 5.41) is 14.3. The van der Waals surface area contributed by atoms with Crippen molar-refractivity contribution in [3.05, 3.63) is 54.4 Å². The zero-order valence-corrected chi connectivity index (χ0v) is 23.6. The molecular formula is C29H39BN4O5. The molecule has 208 valence electrons. The lowest BCUT2D eigenvalue weighted by Gasteiger charge is -2.35. The molecule has 2 aromatic carbocycles. The third-order valence-corrected chi connectivity index (χ3v) is 8.28. The highest BCUT2D eigenvalue weighted by Crippen LogP contribution is 2.37. The van der Waals surface area contributed by atoms with Gasteiger partial charge in [0.25, 0.3) is 0 Å². The number of carbonyl (C=O) groups is 1. The molecule has 39 heavy (non-hydrogen) atoms. The van der Waals surface area contributed by atoms with Crippen molar-refractivity contribution in [2.24, 2.45) is 5.92 Å². The van der Waals surface area contributed by atoms with Gasteiger partial charge in [0.1, 0.15) is 17.8 Å². The normalized spacial score (nSPS) is 22.4. The standard InChI is InChI=1S/C29H39BN4O5/c1-18(2)24(33-27(36)37-20-11-8-7-9-12-20)26(35)34-16-10-13-23(34)25-31-21-15-14-19(17-22(21)32-25)30-38-28(3,4)29(5,6)39-30/h7-9,11-12,14-15,17-18,23-24,26,35H,10,13,16H2,1-6H3,(H,31,32)(H,33,36). The summed E-state index contributed by atoms with van der Waals surface area (Å²) in [6.07, 6.45) is 0.264. The predicted molar refractivity (Wildman–Crippen MR) is 151 cm³/mol. The van der Waals surface area contributed by atoms with Crippen LogP contribution in [-0.4, -0.2) is 63.2 Å². The molecule has 1 amide bonds. The van der Waals surface area contributed by atoms with E-state index >= 15 is 0 Å². The fraction of sp³-hybridized carbons (Fsp3) is 0.517. The number of ether oxygens (including phenoxy) is 1. The quantitative estimate of drug-likeness (QED) is 0.391.